The number of hydrazone groups is 1. The minimum absolute atomic E-state index is 0.0825. The number of urea groups is 1. The van der Waals surface area contributed by atoms with Gasteiger partial charge in [0.2, 0.25) is 0 Å². The van der Waals surface area contributed by atoms with Crippen molar-refractivity contribution in [3.8, 4) is 17.2 Å². The Morgan fingerprint density at radius 3 is 2.67 bits per heavy atom. The number of aromatic hydroxyl groups is 1. The predicted octanol–water partition coefficient (Wildman–Crippen LogP) is 3.68. The van der Waals surface area contributed by atoms with E-state index in [1.54, 1.807) is 49.6 Å². The molecule has 0 aromatic heterocycles. The summed E-state index contributed by atoms with van der Waals surface area (Å²) in [7, 11) is 1.57. The van der Waals surface area contributed by atoms with E-state index in [-0.39, 0.29) is 5.75 Å². The van der Waals surface area contributed by atoms with Gasteiger partial charge in [-0.15, -0.1) is 6.58 Å². The van der Waals surface area contributed by atoms with Crippen molar-refractivity contribution < 1.29 is 19.4 Å². The quantitative estimate of drug-likeness (QED) is 0.376. The number of phenols is 1. The zero-order chi connectivity index (χ0) is 19.6. The van der Waals surface area contributed by atoms with Crippen LogP contribution in [0.25, 0.3) is 0 Å². The predicted molar refractivity (Wildman–Crippen MR) is 106 cm³/mol. The van der Waals surface area contributed by atoms with Crippen LogP contribution in [0.3, 0.4) is 0 Å². The second-order valence-electron chi connectivity index (χ2n) is 5.51. The zero-order valence-electron chi connectivity index (χ0n) is 15.4. The summed E-state index contributed by atoms with van der Waals surface area (Å²) in [5.74, 6) is 1.15. The molecule has 2 rings (SSSR count). The number of nitrogens with one attached hydrogen (secondary N) is 2. The summed E-state index contributed by atoms with van der Waals surface area (Å²) in [6.45, 7) is 5.93. The van der Waals surface area contributed by atoms with Gasteiger partial charge in [0.1, 0.15) is 5.75 Å². The number of allylic oxidation sites excluding steroid dienone is 1. The van der Waals surface area contributed by atoms with E-state index in [0.717, 1.165) is 0 Å². The molecule has 7 heteroatoms. The highest BCUT2D eigenvalue weighted by Gasteiger charge is 2.09. The van der Waals surface area contributed by atoms with Crippen LogP contribution in [-0.2, 0) is 6.42 Å². The van der Waals surface area contributed by atoms with Crippen LogP contribution in [0.15, 0.2) is 54.2 Å². The summed E-state index contributed by atoms with van der Waals surface area (Å²) in [6.07, 6.45) is 3.65. The fourth-order valence-electron chi connectivity index (χ4n) is 2.34. The van der Waals surface area contributed by atoms with Gasteiger partial charge >= 0.3 is 6.03 Å². The lowest BCUT2D eigenvalue weighted by atomic mass is 10.1. The number of methoxy groups -OCH3 is 1. The first kappa shape index (κ1) is 19.8. The van der Waals surface area contributed by atoms with Crippen LogP contribution < -0.4 is 20.2 Å². The van der Waals surface area contributed by atoms with Gasteiger partial charge in [-0.05, 0) is 55.3 Å². The van der Waals surface area contributed by atoms with Gasteiger partial charge in [0.15, 0.2) is 11.5 Å². The lowest BCUT2D eigenvalue weighted by Gasteiger charge is -2.11. The molecular formula is C20H23N3O4. The van der Waals surface area contributed by atoms with E-state index in [1.165, 1.54) is 6.21 Å². The van der Waals surface area contributed by atoms with E-state index in [9.17, 15) is 9.90 Å². The molecule has 0 heterocycles. The van der Waals surface area contributed by atoms with Crippen LogP contribution in [0.4, 0.5) is 10.5 Å². The number of anilines is 1. The van der Waals surface area contributed by atoms with Gasteiger partial charge in [0.05, 0.1) is 19.9 Å². The summed E-state index contributed by atoms with van der Waals surface area (Å²) < 4.78 is 10.5. The SMILES string of the molecule is C=CCc1cc(/C=N/NC(=O)Nc2ccc(OC)cc2)cc(OCC)c1O. The number of ether oxygens (including phenoxy) is 2. The Morgan fingerprint density at radius 2 is 2.04 bits per heavy atom. The number of rotatable bonds is 8. The second-order valence-corrected chi connectivity index (χ2v) is 5.51. The van der Waals surface area contributed by atoms with E-state index in [2.05, 4.69) is 22.4 Å². The van der Waals surface area contributed by atoms with Crippen molar-refractivity contribution in [1.82, 2.24) is 5.43 Å². The Morgan fingerprint density at radius 1 is 1.30 bits per heavy atom. The molecule has 0 spiro atoms. The average Bonchev–Trinajstić information content (AvgIpc) is 2.66. The Hall–Kier alpha value is -3.48. The van der Waals surface area contributed by atoms with Crippen molar-refractivity contribution >= 4 is 17.9 Å². The smallest absolute Gasteiger partial charge is 0.339 e. The van der Waals surface area contributed by atoms with Crippen LogP contribution in [0, 0.1) is 0 Å². The molecule has 0 saturated heterocycles. The number of benzene rings is 2. The van der Waals surface area contributed by atoms with Gasteiger partial charge in [0.25, 0.3) is 0 Å². The lowest BCUT2D eigenvalue weighted by molar-refractivity contribution is 0.252. The summed E-state index contributed by atoms with van der Waals surface area (Å²) in [5, 5.41) is 16.8. The highest BCUT2D eigenvalue weighted by atomic mass is 16.5. The van der Waals surface area contributed by atoms with E-state index < -0.39 is 6.03 Å². The van der Waals surface area contributed by atoms with Gasteiger partial charge in [-0.3, -0.25) is 0 Å². The first-order chi connectivity index (χ1) is 13.1. The first-order valence-corrected chi connectivity index (χ1v) is 8.41. The van der Waals surface area contributed by atoms with E-state index in [4.69, 9.17) is 9.47 Å². The van der Waals surface area contributed by atoms with Crippen molar-refractivity contribution in [2.45, 2.75) is 13.3 Å². The molecule has 0 bridgehead atoms. The van der Waals surface area contributed by atoms with E-state index in [1.807, 2.05) is 6.92 Å². The first-order valence-electron chi connectivity index (χ1n) is 8.41. The number of carbonyl (C=O) groups is 1. The molecule has 0 fully saturated rings. The molecule has 3 N–H and O–H groups in total. The molecule has 2 amide bonds. The van der Waals surface area contributed by atoms with E-state index in [0.29, 0.717) is 41.3 Å². The largest absolute Gasteiger partial charge is 0.504 e. The molecule has 0 unspecified atom stereocenters. The minimum atomic E-state index is -0.480. The lowest BCUT2D eigenvalue weighted by Crippen LogP contribution is -2.24. The zero-order valence-corrected chi connectivity index (χ0v) is 15.4. The molecule has 0 aliphatic carbocycles. The Labute approximate surface area is 158 Å². The summed E-state index contributed by atoms with van der Waals surface area (Å²) in [4.78, 5) is 11.9. The molecule has 142 valence electrons. The molecule has 27 heavy (non-hydrogen) atoms. The summed E-state index contributed by atoms with van der Waals surface area (Å²) >= 11 is 0. The number of phenolic OH excluding ortho intramolecular Hbond substituents is 1. The number of amides is 2. The van der Waals surface area contributed by atoms with Crippen LogP contribution in [0.2, 0.25) is 0 Å². The van der Waals surface area contributed by atoms with Crippen molar-refractivity contribution in [2.75, 3.05) is 19.0 Å². The summed E-state index contributed by atoms with van der Waals surface area (Å²) in [5.41, 5.74) is 4.35. The van der Waals surface area contributed by atoms with Crippen molar-refractivity contribution in [1.29, 1.82) is 0 Å². The second kappa shape index (κ2) is 9.86. The third-order valence-corrected chi connectivity index (χ3v) is 3.57. The molecule has 2 aromatic carbocycles. The fourth-order valence-corrected chi connectivity index (χ4v) is 2.34. The monoisotopic (exact) mass is 369 g/mol. The highest BCUT2D eigenvalue weighted by Crippen LogP contribution is 2.31. The molecule has 2 aromatic rings. The number of hydrogen-bond acceptors (Lipinski definition) is 5. The fraction of sp³-hybridized carbons (Fsp3) is 0.200. The molecule has 0 aliphatic heterocycles. The van der Waals surface area contributed by atoms with Crippen molar-refractivity contribution in [3.63, 3.8) is 0 Å². The van der Waals surface area contributed by atoms with Gasteiger partial charge in [-0.25, -0.2) is 10.2 Å². The third-order valence-electron chi connectivity index (χ3n) is 3.57. The Bertz CT molecular complexity index is 817. The summed E-state index contributed by atoms with van der Waals surface area (Å²) in [6, 6.07) is 9.85. The van der Waals surface area contributed by atoms with Gasteiger partial charge in [-0.1, -0.05) is 6.08 Å². The molecule has 7 nitrogen and oxygen atoms in total. The topological polar surface area (TPSA) is 92.2 Å². The normalized spacial score (nSPS) is 10.4. The van der Waals surface area contributed by atoms with Crippen LogP contribution in [0.5, 0.6) is 17.2 Å². The Kier molecular flexibility index (Phi) is 7.25. The van der Waals surface area contributed by atoms with Crippen molar-refractivity contribution in [3.05, 3.63) is 60.2 Å². The standard InChI is InChI=1S/C20H23N3O4/c1-4-6-15-11-14(12-18(19(15)24)27-5-2)13-21-23-20(25)22-16-7-9-17(26-3)10-8-16/h4,7-13,24H,1,5-6H2,2-3H3,(H2,22,23,25)/b21-13+. The highest BCUT2D eigenvalue weighted by molar-refractivity contribution is 5.90. The van der Waals surface area contributed by atoms with Crippen LogP contribution in [-0.4, -0.2) is 31.1 Å². The molecule has 0 aliphatic rings. The third kappa shape index (κ3) is 5.78. The maximum absolute atomic E-state index is 11.9. The molecule has 0 radical (unpaired) electrons. The number of hydrogen-bond donors (Lipinski definition) is 3. The van der Waals surface area contributed by atoms with Crippen molar-refractivity contribution in [2.24, 2.45) is 5.10 Å². The molecule has 0 atom stereocenters. The van der Waals surface area contributed by atoms with Crippen LogP contribution in [0.1, 0.15) is 18.1 Å². The van der Waals surface area contributed by atoms with Gasteiger partial charge in [0, 0.05) is 11.3 Å². The van der Waals surface area contributed by atoms with Gasteiger partial charge in [-0.2, -0.15) is 5.10 Å². The molecule has 0 saturated carbocycles. The maximum atomic E-state index is 11.9. The number of nitrogens with zero attached hydrogens (tertiary/aromatic N) is 1. The minimum Gasteiger partial charge on any atom is -0.504 e. The van der Waals surface area contributed by atoms with Gasteiger partial charge < -0.3 is 19.9 Å². The average molecular weight is 369 g/mol. The van der Waals surface area contributed by atoms with E-state index >= 15 is 0 Å². The van der Waals surface area contributed by atoms with Crippen LogP contribution >= 0.6 is 0 Å². The maximum Gasteiger partial charge on any atom is 0.339 e. The molecular weight excluding hydrogens is 346 g/mol. The Balaban J connectivity index is 2.03. The number of carbonyl (C=O) groups excluding carboxylic acids is 1.